The Kier molecular flexibility index (Phi) is 5.38. The molecule has 0 aliphatic carbocycles. The van der Waals surface area contributed by atoms with Gasteiger partial charge in [0.05, 0.1) is 11.4 Å². The lowest BCUT2D eigenvalue weighted by molar-refractivity contribution is 0.568. The second-order valence-electron chi connectivity index (χ2n) is 4.61. The molecule has 1 aromatic heterocycles. The first-order valence-electron chi connectivity index (χ1n) is 6.65. The monoisotopic (exact) mass is 270 g/mol. The maximum atomic E-state index is 6.08. The third-order valence-electron chi connectivity index (χ3n) is 3.77. The van der Waals surface area contributed by atoms with E-state index in [4.69, 9.17) is 5.73 Å². The van der Waals surface area contributed by atoms with Gasteiger partial charge in [0, 0.05) is 17.8 Å². The van der Waals surface area contributed by atoms with E-state index in [1.54, 1.807) is 0 Å². The van der Waals surface area contributed by atoms with Crippen LogP contribution in [-0.2, 0) is 6.54 Å². The molecule has 0 amide bonds. The highest BCUT2D eigenvalue weighted by Gasteiger charge is 2.25. The molecule has 0 spiro atoms. The number of rotatable bonds is 7. The second kappa shape index (κ2) is 6.36. The van der Waals surface area contributed by atoms with Gasteiger partial charge >= 0.3 is 0 Å². The van der Waals surface area contributed by atoms with Crippen molar-refractivity contribution in [1.82, 2.24) is 9.78 Å². The smallest absolute Gasteiger partial charge is 0.148 e. The van der Waals surface area contributed by atoms with Crippen LogP contribution in [0.15, 0.2) is 0 Å². The van der Waals surface area contributed by atoms with Gasteiger partial charge in [0.2, 0.25) is 0 Å². The minimum atomic E-state index is 0.281. The van der Waals surface area contributed by atoms with E-state index in [-0.39, 0.29) is 4.75 Å². The third-order valence-corrected chi connectivity index (χ3v) is 5.36. The Morgan fingerprint density at radius 3 is 2.39 bits per heavy atom. The fourth-order valence-electron chi connectivity index (χ4n) is 2.12. The third kappa shape index (κ3) is 2.94. The summed E-state index contributed by atoms with van der Waals surface area (Å²) >= 11 is 1.93. The van der Waals surface area contributed by atoms with Gasteiger partial charge in [-0.05, 0) is 32.9 Å². The van der Waals surface area contributed by atoms with Crippen molar-refractivity contribution in [2.75, 3.05) is 23.9 Å². The molecule has 0 bridgehead atoms. The highest BCUT2D eigenvalue weighted by Crippen LogP contribution is 2.32. The predicted molar refractivity (Wildman–Crippen MR) is 82.4 cm³/mol. The van der Waals surface area contributed by atoms with Gasteiger partial charge in [0.1, 0.15) is 5.82 Å². The minimum Gasteiger partial charge on any atom is -0.394 e. The number of hydrogen-bond acceptors (Lipinski definition) is 4. The lowest BCUT2D eigenvalue weighted by Crippen LogP contribution is -2.32. The van der Waals surface area contributed by atoms with Crippen LogP contribution in [0.3, 0.4) is 0 Å². The van der Waals surface area contributed by atoms with E-state index in [2.05, 4.69) is 37.4 Å². The summed E-state index contributed by atoms with van der Waals surface area (Å²) in [5, 5.41) is 7.93. The summed E-state index contributed by atoms with van der Waals surface area (Å²) in [6.45, 7) is 10.3. The molecule has 1 rings (SSSR count). The topological polar surface area (TPSA) is 55.9 Å². The molecule has 0 fully saturated rings. The van der Waals surface area contributed by atoms with Crippen molar-refractivity contribution in [3.05, 3.63) is 5.69 Å². The molecule has 5 heteroatoms. The van der Waals surface area contributed by atoms with Gasteiger partial charge in [0.25, 0.3) is 0 Å². The van der Waals surface area contributed by atoms with Gasteiger partial charge in [-0.15, -0.1) is 0 Å². The Morgan fingerprint density at radius 2 is 1.94 bits per heavy atom. The molecule has 0 aliphatic rings. The van der Waals surface area contributed by atoms with E-state index in [1.807, 2.05) is 23.4 Å². The number of nitrogen functional groups attached to an aromatic ring is 1. The maximum Gasteiger partial charge on any atom is 0.148 e. The average Bonchev–Trinajstić information content (AvgIpc) is 2.68. The van der Waals surface area contributed by atoms with Crippen molar-refractivity contribution < 1.29 is 0 Å². The van der Waals surface area contributed by atoms with Crippen LogP contribution in [0.4, 0.5) is 11.5 Å². The van der Waals surface area contributed by atoms with E-state index in [1.165, 1.54) is 0 Å². The SMILES string of the molecule is CCn1nc(C)c(N)c1NCC(CC)(CC)SC. The van der Waals surface area contributed by atoms with Crippen LogP contribution in [0.5, 0.6) is 0 Å². The Morgan fingerprint density at radius 1 is 1.33 bits per heavy atom. The summed E-state index contributed by atoms with van der Waals surface area (Å²) in [6, 6.07) is 0. The van der Waals surface area contributed by atoms with E-state index in [9.17, 15) is 0 Å². The summed E-state index contributed by atoms with van der Waals surface area (Å²) in [5.74, 6) is 0.968. The standard InChI is InChI=1S/C13H26N4S/c1-6-13(7-2,18-5)9-15-12-11(14)10(4)16-17(12)8-3/h15H,6-9,14H2,1-5H3. The first-order chi connectivity index (χ1) is 8.53. The first kappa shape index (κ1) is 15.2. The molecule has 1 heterocycles. The molecule has 1 aromatic rings. The fourth-order valence-corrected chi connectivity index (χ4v) is 2.91. The molecule has 0 saturated heterocycles. The molecule has 104 valence electrons. The van der Waals surface area contributed by atoms with Crippen molar-refractivity contribution in [1.29, 1.82) is 0 Å². The van der Waals surface area contributed by atoms with Crippen molar-refractivity contribution in [2.24, 2.45) is 0 Å². The number of thioether (sulfide) groups is 1. The highest BCUT2D eigenvalue weighted by molar-refractivity contribution is 8.00. The van der Waals surface area contributed by atoms with Gasteiger partial charge in [-0.25, -0.2) is 4.68 Å². The first-order valence-corrected chi connectivity index (χ1v) is 7.87. The van der Waals surface area contributed by atoms with Crippen molar-refractivity contribution >= 4 is 23.3 Å². The van der Waals surface area contributed by atoms with Gasteiger partial charge in [-0.3, -0.25) is 0 Å². The summed E-state index contributed by atoms with van der Waals surface area (Å²) in [4.78, 5) is 0. The lowest BCUT2D eigenvalue weighted by Gasteiger charge is -2.30. The molecule has 0 unspecified atom stereocenters. The molecule has 0 radical (unpaired) electrons. The number of aryl methyl sites for hydroxylation is 2. The zero-order chi connectivity index (χ0) is 13.8. The number of nitrogens with one attached hydrogen (secondary N) is 1. The fraction of sp³-hybridized carbons (Fsp3) is 0.769. The normalized spacial score (nSPS) is 11.8. The van der Waals surface area contributed by atoms with Crippen LogP contribution >= 0.6 is 11.8 Å². The van der Waals surface area contributed by atoms with Crippen molar-refractivity contribution in [2.45, 2.75) is 51.8 Å². The summed E-state index contributed by atoms with van der Waals surface area (Å²) in [6.07, 6.45) is 4.48. The molecular formula is C13H26N4S. The van der Waals surface area contributed by atoms with Crippen LogP contribution in [-0.4, -0.2) is 27.3 Å². The predicted octanol–water partition coefficient (Wildman–Crippen LogP) is 3.13. The average molecular weight is 270 g/mol. The van der Waals surface area contributed by atoms with Crippen LogP contribution in [0, 0.1) is 6.92 Å². The van der Waals surface area contributed by atoms with Crippen LogP contribution < -0.4 is 11.1 Å². The van der Waals surface area contributed by atoms with Crippen molar-refractivity contribution in [3.63, 3.8) is 0 Å². The van der Waals surface area contributed by atoms with E-state index in [0.29, 0.717) is 0 Å². The maximum absolute atomic E-state index is 6.08. The molecule has 0 aliphatic heterocycles. The van der Waals surface area contributed by atoms with Gasteiger partial charge < -0.3 is 11.1 Å². The summed E-state index contributed by atoms with van der Waals surface area (Å²) in [7, 11) is 0. The summed E-state index contributed by atoms with van der Waals surface area (Å²) < 4.78 is 2.23. The Hall–Kier alpha value is -0.840. The quantitative estimate of drug-likeness (QED) is 0.799. The number of hydrogen-bond donors (Lipinski definition) is 2. The number of nitrogens with two attached hydrogens (primary N) is 1. The van der Waals surface area contributed by atoms with Gasteiger partial charge in [-0.2, -0.15) is 16.9 Å². The van der Waals surface area contributed by atoms with E-state index in [0.717, 1.165) is 43.1 Å². The Bertz CT molecular complexity index is 374. The van der Waals surface area contributed by atoms with Crippen molar-refractivity contribution in [3.8, 4) is 0 Å². The number of nitrogens with zero attached hydrogens (tertiary/aromatic N) is 2. The Balaban J connectivity index is 2.85. The van der Waals surface area contributed by atoms with Crippen LogP contribution in [0.1, 0.15) is 39.3 Å². The second-order valence-corrected chi connectivity index (χ2v) is 5.89. The largest absolute Gasteiger partial charge is 0.394 e. The molecule has 0 aromatic carbocycles. The lowest BCUT2D eigenvalue weighted by atomic mass is 10.0. The molecule has 4 nitrogen and oxygen atoms in total. The molecule has 0 atom stereocenters. The van der Waals surface area contributed by atoms with Crippen LogP contribution in [0.2, 0.25) is 0 Å². The molecule has 18 heavy (non-hydrogen) atoms. The van der Waals surface area contributed by atoms with E-state index < -0.39 is 0 Å². The number of anilines is 2. The molecular weight excluding hydrogens is 244 g/mol. The number of aromatic nitrogens is 2. The van der Waals surface area contributed by atoms with Gasteiger partial charge in [0.15, 0.2) is 0 Å². The van der Waals surface area contributed by atoms with Crippen LogP contribution in [0.25, 0.3) is 0 Å². The Labute approximate surface area is 115 Å². The molecule has 3 N–H and O–H groups in total. The minimum absolute atomic E-state index is 0.281. The zero-order valence-electron chi connectivity index (χ0n) is 12.2. The zero-order valence-corrected chi connectivity index (χ0v) is 13.0. The molecule has 0 saturated carbocycles. The summed E-state index contributed by atoms with van der Waals surface area (Å²) in [5.41, 5.74) is 7.76. The van der Waals surface area contributed by atoms with E-state index >= 15 is 0 Å². The highest BCUT2D eigenvalue weighted by atomic mass is 32.2. The van der Waals surface area contributed by atoms with Gasteiger partial charge in [-0.1, -0.05) is 13.8 Å².